The van der Waals surface area contributed by atoms with Gasteiger partial charge in [-0.3, -0.25) is 4.79 Å². The number of hydrogen-bond acceptors (Lipinski definition) is 3. The smallest absolute Gasteiger partial charge is 0.282 e. The third kappa shape index (κ3) is 1.88. The first-order chi connectivity index (χ1) is 8.19. The predicted molar refractivity (Wildman–Crippen MR) is 76.7 cm³/mol. The highest BCUT2D eigenvalue weighted by atomic mass is 79.9. The molecule has 0 radical (unpaired) electrons. The molecule has 1 aliphatic rings. The van der Waals surface area contributed by atoms with Crippen LogP contribution in [0, 0.1) is 16.7 Å². The van der Waals surface area contributed by atoms with Gasteiger partial charge in [0.05, 0.1) is 11.9 Å². The van der Waals surface area contributed by atoms with Crippen molar-refractivity contribution in [3.05, 3.63) is 21.0 Å². The molecule has 0 saturated heterocycles. The third-order valence-corrected chi connectivity index (χ3v) is 5.66. The average molecular weight is 314 g/mol. The van der Waals surface area contributed by atoms with Crippen LogP contribution in [-0.4, -0.2) is 16.3 Å². The number of hydrogen-bond donors (Lipinski definition) is 1. The normalized spacial score (nSPS) is 20.8. The molecular formula is C13H20BrN3O. The Bertz CT molecular complexity index is 520. The lowest BCUT2D eigenvalue weighted by atomic mass is 10.0. The minimum absolute atomic E-state index is 0.116. The van der Waals surface area contributed by atoms with Crippen LogP contribution in [0.5, 0.6) is 0 Å². The highest BCUT2D eigenvalue weighted by Gasteiger charge is 2.64. The summed E-state index contributed by atoms with van der Waals surface area (Å²) in [4.78, 5) is 11.7. The maximum atomic E-state index is 11.7. The number of aryl methyl sites for hydroxylation is 1. The highest BCUT2D eigenvalue weighted by Crippen LogP contribution is 2.68. The summed E-state index contributed by atoms with van der Waals surface area (Å²) in [5, 5.41) is 7.35. The van der Waals surface area contributed by atoms with Crippen molar-refractivity contribution in [2.45, 2.75) is 27.7 Å². The highest BCUT2D eigenvalue weighted by molar-refractivity contribution is 9.10. The van der Waals surface area contributed by atoms with Crippen LogP contribution in [0.3, 0.4) is 0 Å². The van der Waals surface area contributed by atoms with E-state index in [4.69, 9.17) is 0 Å². The molecule has 1 N–H and O–H groups in total. The van der Waals surface area contributed by atoms with Gasteiger partial charge in [-0.05, 0) is 32.7 Å². The van der Waals surface area contributed by atoms with Gasteiger partial charge in [0.2, 0.25) is 0 Å². The van der Waals surface area contributed by atoms with Crippen molar-refractivity contribution in [2.24, 2.45) is 23.8 Å². The van der Waals surface area contributed by atoms with Gasteiger partial charge >= 0.3 is 0 Å². The molecule has 0 spiro atoms. The molecule has 1 heterocycles. The molecule has 0 aromatic carbocycles. The summed E-state index contributed by atoms with van der Waals surface area (Å²) in [6.07, 6.45) is 1.69. The van der Waals surface area contributed by atoms with Crippen molar-refractivity contribution in [1.29, 1.82) is 0 Å². The SMILES string of the molecule is Cn1ncc(NCC2C(C)(C)C2(C)C)c(Br)c1=O. The van der Waals surface area contributed by atoms with Gasteiger partial charge in [-0.25, -0.2) is 4.68 Å². The summed E-state index contributed by atoms with van der Waals surface area (Å²) >= 11 is 3.32. The van der Waals surface area contributed by atoms with Gasteiger partial charge < -0.3 is 5.32 Å². The van der Waals surface area contributed by atoms with E-state index in [2.05, 4.69) is 54.0 Å². The lowest BCUT2D eigenvalue weighted by molar-refractivity contribution is 0.457. The summed E-state index contributed by atoms with van der Waals surface area (Å²) < 4.78 is 1.87. The zero-order valence-electron chi connectivity index (χ0n) is 11.5. The molecular weight excluding hydrogens is 294 g/mol. The van der Waals surface area contributed by atoms with Gasteiger partial charge in [-0.1, -0.05) is 27.7 Å². The first-order valence-corrected chi connectivity index (χ1v) is 6.94. The molecule has 4 nitrogen and oxygen atoms in total. The fraction of sp³-hybridized carbons (Fsp3) is 0.692. The van der Waals surface area contributed by atoms with Crippen molar-refractivity contribution < 1.29 is 0 Å². The third-order valence-electron chi connectivity index (χ3n) is 4.89. The molecule has 100 valence electrons. The number of nitrogens with one attached hydrogen (secondary N) is 1. The Labute approximate surface area is 116 Å². The average Bonchev–Trinajstić information content (AvgIpc) is 2.66. The first-order valence-electron chi connectivity index (χ1n) is 6.15. The van der Waals surface area contributed by atoms with Crippen LogP contribution in [0.1, 0.15) is 27.7 Å². The lowest BCUT2D eigenvalue weighted by Gasteiger charge is -2.09. The standard InChI is InChI=1S/C13H20BrN3O/c1-12(2)9(13(12,3)4)7-15-8-6-16-17(5)11(18)10(8)14/h6,9,15H,7H2,1-5H3. The van der Waals surface area contributed by atoms with Gasteiger partial charge in [-0.15, -0.1) is 0 Å². The van der Waals surface area contributed by atoms with E-state index in [9.17, 15) is 4.79 Å². The van der Waals surface area contributed by atoms with Crippen LogP contribution in [0.4, 0.5) is 5.69 Å². The van der Waals surface area contributed by atoms with Crippen LogP contribution < -0.4 is 10.9 Å². The van der Waals surface area contributed by atoms with Gasteiger partial charge in [0, 0.05) is 13.6 Å². The molecule has 1 fully saturated rings. The van der Waals surface area contributed by atoms with E-state index in [1.165, 1.54) is 4.68 Å². The topological polar surface area (TPSA) is 46.9 Å². The summed E-state index contributed by atoms with van der Waals surface area (Å²) in [7, 11) is 1.64. The summed E-state index contributed by atoms with van der Waals surface area (Å²) in [5.41, 5.74) is 1.35. The second kappa shape index (κ2) is 4.08. The Morgan fingerprint density at radius 3 is 2.44 bits per heavy atom. The molecule has 0 atom stereocenters. The zero-order valence-corrected chi connectivity index (χ0v) is 13.1. The Hall–Kier alpha value is -0.840. The van der Waals surface area contributed by atoms with E-state index in [-0.39, 0.29) is 5.56 Å². The summed E-state index contributed by atoms with van der Waals surface area (Å²) in [6, 6.07) is 0. The molecule has 1 saturated carbocycles. The molecule has 0 bridgehead atoms. The van der Waals surface area contributed by atoms with Gasteiger partial charge in [-0.2, -0.15) is 5.10 Å². The zero-order chi connectivity index (χ0) is 13.7. The molecule has 1 aromatic heterocycles. The molecule has 5 heteroatoms. The quantitative estimate of drug-likeness (QED) is 0.933. The predicted octanol–water partition coefficient (Wildman–Crippen LogP) is 2.64. The van der Waals surface area contributed by atoms with Crippen LogP contribution >= 0.6 is 15.9 Å². The van der Waals surface area contributed by atoms with Gasteiger partial charge in [0.1, 0.15) is 4.47 Å². The fourth-order valence-electron chi connectivity index (χ4n) is 2.69. The van der Waals surface area contributed by atoms with Crippen molar-refractivity contribution >= 4 is 21.6 Å². The molecule has 0 aliphatic heterocycles. The number of anilines is 1. The van der Waals surface area contributed by atoms with Gasteiger partial charge in [0.15, 0.2) is 0 Å². The monoisotopic (exact) mass is 313 g/mol. The molecule has 2 rings (SSSR count). The van der Waals surface area contributed by atoms with Crippen molar-refractivity contribution in [1.82, 2.24) is 9.78 Å². The first kappa shape index (κ1) is 13.6. The van der Waals surface area contributed by atoms with E-state index >= 15 is 0 Å². The van der Waals surface area contributed by atoms with Crippen LogP contribution in [0.2, 0.25) is 0 Å². The van der Waals surface area contributed by atoms with Crippen LogP contribution in [0.15, 0.2) is 15.5 Å². The largest absolute Gasteiger partial charge is 0.382 e. The van der Waals surface area contributed by atoms with E-state index in [1.54, 1.807) is 13.2 Å². The lowest BCUT2D eigenvalue weighted by Crippen LogP contribution is -2.22. The Morgan fingerprint density at radius 2 is 1.94 bits per heavy atom. The number of halogens is 1. The van der Waals surface area contributed by atoms with Gasteiger partial charge in [0.25, 0.3) is 5.56 Å². The summed E-state index contributed by atoms with van der Waals surface area (Å²) in [6.45, 7) is 10.0. The van der Waals surface area contributed by atoms with E-state index < -0.39 is 0 Å². The Kier molecular flexibility index (Phi) is 3.08. The van der Waals surface area contributed by atoms with E-state index in [1.807, 2.05) is 0 Å². The summed E-state index contributed by atoms with van der Waals surface area (Å²) in [5.74, 6) is 0.612. The number of aromatic nitrogens is 2. The Balaban J connectivity index is 2.10. The number of nitrogens with zero attached hydrogens (tertiary/aromatic N) is 2. The molecule has 1 aliphatic carbocycles. The molecule has 1 aromatic rings. The Morgan fingerprint density at radius 1 is 1.39 bits per heavy atom. The minimum Gasteiger partial charge on any atom is -0.382 e. The van der Waals surface area contributed by atoms with Crippen molar-refractivity contribution in [2.75, 3.05) is 11.9 Å². The van der Waals surface area contributed by atoms with Crippen LogP contribution in [0.25, 0.3) is 0 Å². The van der Waals surface area contributed by atoms with Crippen molar-refractivity contribution in [3.63, 3.8) is 0 Å². The van der Waals surface area contributed by atoms with Crippen LogP contribution in [-0.2, 0) is 7.05 Å². The molecule has 0 unspecified atom stereocenters. The van der Waals surface area contributed by atoms with E-state index in [0.29, 0.717) is 21.2 Å². The number of rotatable bonds is 3. The van der Waals surface area contributed by atoms with E-state index in [0.717, 1.165) is 12.2 Å². The fourth-order valence-corrected chi connectivity index (χ4v) is 3.19. The maximum Gasteiger partial charge on any atom is 0.282 e. The maximum absolute atomic E-state index is 11.7. The second-order valence-electron chi connectivity index (χ2n) is 6.18. The second-order valence-corrected chi connectivity index (χ2v) is 6.97. The molecule has 0 amide bonds. The molecule has 18 heavy (non-hydrogen) atoms. The minimum atomic E-state index is -0.116. The van der Waals surface area contributed by atoms with Crippen molar-refractivity contribution in [3.8, 4) is 0 Å².